The van der Waals surface area contributed by atoms with E-state index in [1.54, 1.807) is 0 Å². The predicted octanol–water partition coefficient (Wildman–Crippen LogP) is 1.69. The van der Waals surface area contributed by atoms with Crippen LogP contribution in [-0.4, -0.2) is 23.5 Å². The summed E-state index contributed by atoms with van der Waals surface area (Å²) in [5.41, 5.74) is 0.857. The smallest absolute Gasteiger partial charge is 0.242 e. The van der Waals surface area contributed by atoms with E-state index in [0.717, 1.165) is 0 Å². The lowest BCUT2D eigenvalue weighted by Gasteiger charge is -2.10. The fourth-order valence-corrected chi connectivity index (χ4v) is 3.49. The highest BCUT2D eigenvalue weighted by atomic mass is 35.5. The third-order valence-electron chi connectivity index (χ3n) is 2.55. The van der Waals surface area contributed by atoms with Crippen LogP contribution in [0.15, 0.2) is 29.6 Å². The number of hydrogen-bond donors (Lipinski definition) is 3. The summed E-state index contributed by atoms with van der Waals surface area (Å²) in [6, 6.07) is 2.65. The molecule has 1 aromatic carbocycles. The Labute approximate surface area is 125 Å². The van der Waals surface area contributed by atoms with E-state index in [-0.39, 0.29) is 27.0 Å². The SMILES string of the molecule is O=S(=O)(NCc1cnc[nH]1)c1cc(Cl)cc(CO)c1Cl. The summed E-state index contributed by atoms with van der Waals surface area (Å²) < 4.78 is 26.8. The first-order valence-corrected chi connectivity index (χ1v) is 7.73. The highest BCUT2D eigenvalue weighted by Gasteiger charge is 2.21. The van der Waals surface area contributed by atoms with Crippen LogP contribution >= 0.6 is 23.2 Å². The Morgan fingerprint density at radius 1 is 1.35 bits per heavy atom. The molecule has 1 heterocycles. The minimum Gasteiger partial charge on any atom is -0.392 e. The number of aliphatic hydroxyl groups excluding tert-OH is 1. The van der Waals surface area contributed by atoms with Crippen molar-refractivity contribution in [2.24, 2.45) is 0 Å². The molecular formula is C11H11Cl2N3O3S. The van der Waals surface area contributed by atoms with Gasteiger partial charge in [-0.05, 0) is 17.7 Å². The maximum Gasteiger partial charge on any atom is 0.242 e. The lowest BCUT2D eigenvalue weighted by molar-refractivity contribution is 0.281. The largest absolute Gasteiger partial charge is 0.392 e. The van der Waals surface area contributed by atoms with Crippen molar-refractivity contribution in [2.75, 3.05) is 0 Å². The van der Waals surface area contributed by atoms with Crippen LogP contribution in [0.4, 0.5) is 0 Å². The fraction of sp³-hybridized carbons (Fsp3) is 0.182. The van der Waals surface area contributed by atoms with Gasteiger partial charge in [0.05, 0.1) is 24.5 Å². The molecule has 0 spiro atoms. The van der Waals surface area contributed by atoms with E-state index < -0.39 is 16.6 Å². The fourth-order valence-electron chi connectivity index (χ4n) is 1.56. The Kier molecular flexibility index (Phi) is 4.66. The number of nitrogens with zero attached hydrogens (tertiary/aromatic N) is 1. The number of nitrogens with one attached hydrogen (secondary N) is 2. The zero-order chi connectivity index (χ0) is 14.8. The van der Waals surface area contributed by atoms with E-state index >= 15 is 0 Å². The molecule has 20 heavy (non-hydrogen) atoms. The molecule has 0 amide bonds. The van der Waals surface area contributed by atoms with Gasteiger partial charge in [0.2, 0.25) is 10.0 Å². The topological polar surface area (TPSA) is 95.1 Å². The van der Waals surface area contributed by atoms with Gasteiger partial charge >= 0.3 is 0 Å². The molecule has 0 aliphatic rings. The Morgan fingerprint density at radius 3 is 2.70 bits per heavy atom. The molecular weight excluding hydrogens is 325 g/mol. The minimum atomic E-state index is -3.85. The second kappa shape index (κ2) is 6.11. The second-order valence-electron chi connectivity index (χ2n) is 3.94. The predicted molar refractivity (Wildman–Crippen MR) is 75.0 cm³/mol. The van der Waals surface area contributed by atoms with Crippen LogP contribution in [0.1, 0.15) is 11.3 Å². The molecule has 3 N–H and O–H groups in total. The van der Waals surface area contributed by atoms with Crippen molar-refractivity contribution in [3.8, 4) is 0 Å². The number of aromatic amines is 1. The van der Waals surface area contributed by atoms with Gasteiger partial charge in [0, 0.05) is 16.9 Å². The van der Waals surface area contributed by atoms with Crippen molar-refractivity contribution < 1.29 is 13.5 Å². The molecule has 2 aromatic rings. The number of aromatic nitrogens is 2. The van der Waals surface area contributed by atoms with Gasteiger partial charge in [-0.15, -0.1) is 0 Å². The van der Waals surface area contributed by atoms with Gasteiger partial charge in [0.1, 0.15) is 4.90 Å². The average Bonchev–Trinajstić information content (AvgIpc) is 2.92. The molecule has 0 atom stereocenters. The highest BCUT2D eigenvalue weighted by Crippen LogP contribution is 2.29. The first-order chi connectivity index (χ1) is 9.44. The van der Waals surface area contributed by atoms with E-state index in [1.807, 2.05) is 0 Å². The number of halogens is 2. The number of aliphatic hydroxyl groups is 1. The van der Waals surface area contributed by atoms with E-state index in [1.165, 1.54) is 24.7 Å². The Bertz CT molecular complexity index is 702. The molecule has 0 bridgehead atoms. The quantitative estimate of drug-likeness (QED) is 0.774. The van der Waals surface area contributed by atoms with E-state index in [9.17, 15) is 8.42 Å². The van der Waals surface area contributed by atoms with Gasteiger partial charge in [0.15, 0.2) is 0 Å². The van der Waals surface area contributed by atoms with Crippen molar-refractivity contribution in [3.05, 3.63) is 46.0 Å². The highest BCUT2D eigenvalue weighted by molar-refractivity contribution is 7.89. The Hall–Kier alpha value is -1.12. The number of H-pyrrole nitrogens is 1. The van der Waals surface area contributed by atoms with Gasteiger partial charge in [0.25, 0.3) is 0 Å². The number of sulfonamides is 1. The summed E-state index contributed by atoms with van der Waals surface area (Å²) in [6.45, 7) is -0.359. The van der Waals surface area contributed by atoms with Crippen molar-refractivity contribution in [1.29, 1.82) is 0 Å². The summed E-state index contributed by atoms with van der Waals surface area (Å²) in [6.07, 6.45) is 2.95. The van der Waals surface area contributed by atoms with Crippen molar-refractivity contribution >= 4 is 33.2 Å². The van der Waals surface area contributed by atoms with Crippen LogP contribution in [0.5, 0.6) is 0 Å². The molecule has 0 unspecified atom stereocenters. The lowest BCUT2D eigenvalue weighted by atomic mass is 10.2. The zero-order valence-electron chi connectivity index (χ0n) is 10.1. The molecule has 0 fully saturated rings. The van der Waals surface area contributed by atoms with Crippen LogP contribution < -0.4 is 4.72 Å². The van der Waals surface area contributed by atoms with Gasteiger partial charge in [-0.25, -0.2) is 18.1 Å². The Morgan fingerprint density at radius 2 is 2.10 bits per heavy atom. The standard InChI is InChI=1S/C11H11Cl2N3O3S/c12-8-1-7(5-17)11(13)10(2-8)20(18,19)16-4-9-3-14-6-15-9/h1-3,6,16-17H,4-5H2,(H,14,15). The van der Waals surface area contributed by atoms with Crippen LogP contribution in [0.2, 0.25) is 10.0 Å². The molecule has 0 saturated carbocycles. The van der Waals surface area contributed by atoms with E-state index in [0.29, 0.717) is 5.69 Å². The number of rotatable bonds is 5. The normalized spacial score (nSPS) is 11.8. The van der Waals surface area contributed by atoms with Crippen molar-refractivity contribution in [2.45, 2.75) is 18.0 Å². The lowest BCUT2D eigenvalue weighted by Crippen LogP contribution is -2.24. The molecule has 6 nitrogen and oxygen atoms in total. The number of hydrogen-bond acceptors (Lipinski definition) is 4. The number of benzene rings is 1. The molecule has 0 radical (unpaired) electrons. The third kappa shape index (κ3) is 3.31. The monoisotopic (exact) mass is 335 g/mol. The third-order valence-corrected chi connectivity index (χ3v) is 4.75. The Balaban J connectivity index is 2.31. The van der Waals surface area contributed by atoms with Crippen LogP contribution in [-0.2, 0) is 23.2 Å². The van der Waals surface area contributed by atoms with E-state index in [2.05, 4.69) is 14.7 Å². The van der Waals surface area contributed by atoms with Gasteiger partial charge in [-0.2, -0.15) is 0 Å². The summed E-state index contributed by atoms with van der Waals surface area (Å²) in [7, 11) is -3.85. The first-order valence-electron chi connectivity index (χ1n) is 5.49. The van der Waals surface area contributed by atoms with Crippen LogP contribution in [0.25, 0.3) is 0 Å². The average molecular weight is 336 g/mol. The summed E-state index contributed by atoms with van der Waals surface area (Å²) >= 11 is 11.8. The molecule has 0 saturated heterocycles. The molecule has 9 heteroatoms. The van der Waals surface area contributed by atoms with Gasteiger partial charge < -0.3 is 10.1 Å². The van der Waals surface area contributed by atoms with Crippen LogP contribution in [0.3, 0.4) is 0 Å². The maximum atomic E-state index is 12.2. The van der Waals surface area contributed by atoms with Gasteiger partial charge in [-0.1, -0.05) is 23.2 Å². The summed E-state index contributed by atoms with van der Waals surface area (Å²) in [5, 5.41) is 9.28. The molecule has 0 aliphatic carbocycles. The minimum absolute atomic E-state index is 0.0413. The molecule has 0 aliphatic heterocycles. The molecule has 1 aromatic heterocycles. The zero-order valence-corrected chi connectivity index (χ0v) is 12.4. The first kappa shape index (κ1) is 15.3. The van der Waals surface area contributed by atoms with E-state index in [4.69, 9.17) is 28.3 Å². The molecule has 108 valence electrons. The summed E-state index contributed by atoms with van der Waals surface area (Å²) in [5.74, 6) is 0. The van der Waals surface area contributed by atoms with Crippen molar-refractivity contribution in [3.63, 3.8) is 0 Å². The van der Waals surface area contributed by atoms with Crippen LogP contribution in [0, 0.1) is 0 Å². The van der Waals surface area contributed by atoms with Gasteiger partial charge in [-0.3, -0.25) is 0 Å². The second-order valence-corrected chi connectivity index (χ2v) is 6.49. The maximum absolute atomic E-state index is 12.2. The number of imidazole rings is 1. The molecule has 2 rings (SSSR count). The summed E-state index contributed by atoms with van der Waals surface area (Å²) in [4.78, 5) is 6.39. The van der Waals surface area contributed by atoms with Crippen molar-refractivity contribution in [1.82, 2.24) is 14.7 Å².